The van der Waals surface area contributed by atoms with E-state index in [0.717, 1.165) is 52.3 Å². The number of amides is 1. The number of hydrogen-bond acceptors (Lipinski definition) is 6. The number of fused-ring (bicyclic) bond motifs is 1. The second-order valence-electron chi connectivity index (χ2n) is 9.54. The summed E-state index contributed by atoms with van der Waals surface area (Å²) in [6.45, 7) is 4.73. The normalized spacial score (nSPS) is 26.4. The maximum Gasteiger partial charge on any atom is 0.341 e. The average molecular weight is 488 g/mol. The summed E-state index contributed by atoms with van der Waals surface area (Å²) in [7, 11) is 3.01. The molecule has 2 heterocycles. The van der Waals surface area contributed by atoms with Crippen LogP contribution < -0.4 is 15.0 Å². The van der Waals surface area contributed by atoms with Gasteiger partial charge in [0.15, 0.2) is 6.54 Å². The van der Waals surface area contributed by atoms with E-state index in [1.165, 1.54) is 18.4 Å². The third-order valence-electron chi connectivity index (χ3n) is 7.68. The van der Waals surface area contributed by atoms with Crippen LogP contribution in [0.15, 0.2) is 24.3 Å². The van der Waals surface area contributed by atoms with Crippen molar-refractivity contribution in [2.75, 3.05) is 32.6 Å². The first-order chi connectivity index (χ1) is 16.3. The van der Waals surface area contributed by atoms with E-state index < -0.39 is 11.6 Å². The predicted molar refractivity (Wildman–Crippen MR) is 132 cm³/mol. The van der Waals surface area contributed by atoms with E-state index in [2.05, 4.69) is 11.4 Å². The number of likely N-dealkylation sites (tertiary alicyclic amines) is 1. The van der Waals surface area contributed by atoms with E-state index in [-0.39, 0.29) is 24.4 Å². The highest BCUT2D eigenvalue weighted by atomic mass is 32.1. The highest BCUT2D eigenvalue weighted by molar-refractivity contribution is 7.16. The average Bonchev–Trinajstić information content (AvgIpc) is 3.11. The molecule has 4 rings (SSSR count). The fourth-order valence-corrected chi connectivity index (χ4v) is 6.92. The maximum atomic E-state index is 13.3. The lowest BCUT2D eigenvalue weighted by Gasteiger charge is -2.50. The van der Waals surface area contributed by atoms with Crippen LogP contribution in [0.4, 0.5) is 5.00 Å². The van der Waals surface area contributed by atoms with Crippen molar-refractivity contribution in [2.24, 2.45) is 5.92 Å². The fraction of sp³-hybridized carbons (Fsp3) is 0.538. The molecule has 8 heteroatoms. The largest absolute Gasteiger partial charge is 0.496 e. The van der Waals surface area contributed by atoms with Gasteiger partial charge >= 0.3 is 5.97 Å². The lowest BCUT2D eigenvalue weighted by molar-refractivity contribution is -0.937. The van der Waals surface area contributed by atoms with Gasteiger partial charge < -0.3 is 24.8 Å². The number of carbonyl (C=O) groups excluding carboxylic acids is 2. The van der Waals surface area contributed by atoms with Crippen molar-refractivity contribution in [3.8, 4) is 5.75 Å². The zero-order chi connectivity index (χ0) is 24.5. The number of ether oxygens (including phenoxy) is 2. The number of rotatable bonds is 6. The molecule has 2 aromatic rings. The van der Waals surface area contributed by atoms with Gasteiger partial charge in [-0.3, -0.25) is 4.79 Å². The molecule has 1 amide bonds. The van der Waals surface area contributed by atoms with E-state index in [0.29, 0.717) is 23.5 Å². The van der Waals surface area contributed by atoms with E-state index in [9.17, 15) is 14.7 Å². The summed E-state index contributed by atoms with van der Waals surface area (Å²) in [4.78, 5) is 27.7. The Morgan fingerprint density at radius 1 is 1.21 bits per heavy atom. The van der Waals surface area contributed by atoms with Crippen LogP contribution in [0.1, 0.15) is 64.5 Å². The standard InChI is InChI=1S/C26H34N2O5S/c1-16-17(2)34-24(22(16)25(30)33-4)27-21(29)15-28-14-13-26(31)12-8-7-10-19(26)23(28)18-9-5-6-11-20(18)32-3/h5-6,9,11,19,23,31H,7-8,10,12-15H2,1-4H3,(H,27,29)/p+1/t19-,23+,26+/m1/s1. The number of benzene rings is 1. The molecule has 184 valence electrons. The van der Waals surface area contributed by atoms with Gasteiger partial charge in [-0.2, -0.15) is 0 Å². The molecule has 7 nitrogen and oxygen atoms in total. The summed E-state index contributed by atoms with van der Waals surface area (Å²) < 4.78 is 10.6. The number of para-hydroxylation sites is 1. The Morgan fingerprint density at radius 3 is 2.71 bits per heavy atom. The monoisotopic (exact) mass is 487 g/mol. The molecule has 0 spiro atoms. The molecular weight excluding hydrogens is 452 g/mol. The zero-order valence-electron chi connectivity index (χ0n) is 20.4. The number of quaternary nitrogens is 1. The van der Waals surface area contributed by atoms with Crippen LogP contribution in [0.2, 0.25) is 0 Å². The molecule has 1 aliphatic carbocycles. The summed E-state index contributed by atoms with van der Waals surface area (Å²) >= 11 is 1.39. The van der Waals surface area contributed by atoms with Crippen molar-refractivity contribution in [3.63, 3.8) is 0 Å². The smallest absolute Gasteiger partial charge is 0.341 e. The second-order valence-corrected chi connectivity index (χ2v) is 10.8. The van der Waals surface area contributed by atoms with Crippen molar-refractivity contribution in [1.82, 2.24) is 0 Å². The number of thiophene rings is 1. The molecule has 1 aromatic carbocycles. The molecule has 0 radical (unpaired) electrons. The van der Waals surface area contributed by atoms with Gasteiger partial charge in [-0.15, -0.1) is 11.3 Å². The lowest BCUT2D eigenvalue weighted by atomic mass is 9.66. The zero-order valence-corrected chi connectivity index (χ0v) is 21.2. The van der Waals surface area contributed by atoms with Crippen molar-refractivity contribution < 1.29 is 29.1 Å². The number of carbonyl (C=O) groups is 2. The number of anilines is 1. The Kier molecular flexibility index (Phi) is 7.31. The molecule has 2 fully saturated rings. The molecule has 1 unspecified atom stereocenters. The lowest BCUT2D eigenvalue weighted by Crippen LogP contribution is -3.16. The molecule has 1 aromatic heterocycles. The van der Waals surface area contributed by atoms with Gasteiger partial charge in [-0.1, -0.05) is 25.0 Å². The Morgan fingerprint density at radius 2 is 1.97 bits per heavy atom. The number of piperidine rings is 1. The summed E-state index contributed by atoms with van der Waals surface area (Å²) in [5.41, 5.74) is 1.59. The van der Waals surface area contributed by atoms with Gasteiger partial charge in [-0.25, -0.2) is 4.79 Å². The Hall–Kier alpha value is -2.42. The van der Waals surface area contributed by atoms with Gasteiger partial charge in [-0.05, 0) is 44.4 Å². The first kappa shape index (κ1) is 24.7. The highest BCUT2D eigenvalue weighted by Crippen LogP contribution is 2.45. The minimum absolute atomic E-state index is 0.0483. The SMILES string of the molecule is COC(=O)c1c(NC(=O)C[NH+]2CC[C@@]3(O)CCCC[C@@H]3[C@@H]2c2ccccc2OC)sc(C)c1C. The van der Waals surface area contributed by atoms with E-state index in [4.69, 9.17) is 9.47 Å². The fourth-order valence-electron chi connectivity index (χ4n) is 5.85. The van der Waals surface area contributed by atoms with Crippen molar-refractivity contribution in [3.05, 3.63) is 45.8 Å². The number of nitrogens with one attached hydrogen (secondary N) is 2. The first-order valence-electron chi connectivity index (χ1n) is 12.0. The Bertz CT molecular complexity index is 1070. The maximum absolute atomic E-state index is 13.3. The number of esters is 1. The van der Waals surface area contributed by atoms with Crippen molar-refractivity contribution in [1.29, 1.82) is 0 Å². The molecule has 1 saturated heterocycles. The third-order valence-corrected chi connectivity index (χ3v) is 8.80. The molecule has 2 aliphatic rings. The number of methoxy groups -OCH3 is 2. The summed E-state index contributed by atoms with van der Waals surface area (Å²) in [5, 5.41) is 15.0. The molecular formula is C26H35N2O5S+. The first-order valence-corrected chi connectivity index (χ1v) is 12.8. The minimum Gasteiger partial charge on any atom is -0.496 e. The molecule has 4 atom stereocenters. The van der Waals surface area contributed by atoms with E-state index in [1.54, 1.807) is 7.11 Å². The highest BCUT2D eigenvalue weighted by Gasteiger charge is 2.52. The summed E-state index contributed by atoms with van der Waals surface area (Å²) in [5.74, 6) is 0.257. The Labute approximate surface area is 205 Å². The van der Waals surface area contributed by atoms with Gasteiger partial charge in [0.25, 0.3) is 5.91 Å². The molecule has 1 aliphatic heterocycles. The van der Waals surface area contributed by atoms with Gasteiger partial charge in [0.05, 0.1) is 37.5 Å². The van der Waals surface area contributed by atoms with Gasteiger partial charge in [0.1, 0.15) is 16.8 Å². The topological polar surface area (TPSA) is 89.3 Å². The number of hydrogen-bond donors (Lipinski definition) is 3. The summed E-state index contributed by atoms with van der Waals surface area (Å²) in [6, 6.07) is 7.89. The van der Waals surface area contributed by atoms with Gasteiger partial charge in [0, 0.05) is 17.2 Å². The van der Waals surface area contributed by atoms with Crippen molar-refractivity contribution >= 4 is 28.2 Å². The predicted octanol–water partition coefficient (Wildman–Crippen LogP) is 3.05. The van der Waals surface area contributed by atoms with Crippen LogP contribution in [0.3, 0.4) is 0 Å². The van der Waals surface area contributed by atoms with Crippen LogP contribution in [-0.2, 0) is 9.53 Å². The van der Waals surface area contributed by atoms with Crippen LogP contribution in [-0.4, -0.2) is 49.9 Å². The van der Waals surface area contributed by atoms with Crippen LogP contribution in [0, 0.1) is 19.8 Å². The second kappa shape index (κ2) is 10.1. The number of aryl methyl sites for hydroxylation is 1. The van der Waals surface area contributed by atoms with Crippen molar-refractivity contribution in [2.45, 2.75) is 57.6 Å². The molecule has 34 heavy (non-hydrogen) atoms. The van der Waals surface area contributed by atoms with Crippen LogP contribution in [0.5, 0.6) is 5.75 Å². The molecule has 3 N–H and O–H groups in total. The van der Waals surface area contributed by atoms with Crippen LogP contribution in [0.25, 0.3) is 0 Å². The molecule has 0 bridgehead atoms. The minimum atomic E-state index is -0.705. The number of aliphatic hydroxyl groups is 1. The quantitative estimate of drug-likeness (QED) is 0.545. The van der Waals surface area contributed by atoms with Gasteiger partial charge in [0.2, 0.25) is 0 Å². The Balaban J connectivity index is 1.62. The summed E-state index contributed by atoms with van der Waals surface area (Å²) in [6.07, 6.45) is 4.53. The van der Waals surface area contributed by atoms with Crippen LogP contribution >= 0.6 is 11.3 Å². The third kappa shape index (κ3) is 4.59. The van der Waals surface area contributed by atoms with E-state index in [1.807, 2.05) is 32.0 Å². The van der Waals surface area contributed by atoms with E-state index >= 15 is 0 Å². The molecule has 1 saturated carbocycles.